The molecule has 4 aromatic rings. The summed E-state index contributed by atoms with van der Waals surface area (Å²) in [5.74, 6) is -0.340. The molecule has 1 unspecified atom stereocenters. The zero-order chi connectivity index (χ0) is 19.3. The molecule has 3 aromatic carbocycles. The summed E-state index contributed by atoms with van der Waals surface area (Å²) in [5, 5.41) is 20.9. The fourth-order valence-corrected chi connectivity index (χ4v) is 3.13. The first-order valence-corrected chi connectivity index (χ1v) is 8.97. The Balaban J connectivity index is 1.77. The lowest BCUT2D eigenvalue weighted by atomic mass is 9.97. The van der Waals surface area contributed by atoms with Gasteiger partial charge in [0.2, 0.25) is 0 Å². The van der Waals surface area contributed by atoms with Crippen molar-refractivity contribution >= 4 is 11.6 Å². The monoisotopic (exact) mass is 369 g/mol. The number of nitrogens with zero attached hydrogens (tertiary/aromatic N) is 1. The highest BCUT2D eigenvalue weighted by atomic mass is 16.3. The zero-order valence-electron chi connectivity index (χ0n) is 15.0. The molecule has 1 aromatic heterocycles. The third kappa shape index (κ3) is 3.56. The number of carbonyl (C=O) groups is 1. The Kier molecular flexibility index (Phi) is 4.99. The molecule has 1 atom stereocenters. The van der Waals surface area contributed by atoms with Gasteiger partial charge in [0.15, 0.2) is 5.69 Å². The summed E-state index contributed by atoms with van der Waals surface area (Å²) in [7, 11) is 0. The molecule has 0 fully saturated rings. The maximum Gasteiger partial charge on any atom is 0.276 e. The van der Waals surface area contributed by atoms with Gasteiger partial charge in [0.05, 0.1) is 5.69 Å². The van der Waals surface area contributed by atoms with E-state index < -0.39 is 6.10 Å². The van der Waals surface area contributed by atoms with Crippen molar-refractivity contribution < 1.29 is 9.90 Å². The number of aromatic amines is 1. The van der Waals surface area contributed by atoms with E-state index in [1.165, 1.54) is 0 Å². The number of hydrogen-bond donors (Lipinski definition) is 3. The molecule has 0 radical (unpaired) electrons. The Morgan fingerprint density at radius 3 is 2.07 bits per heavy atom. The van der Waals surface area contributed by atoms with E-state index in [9.17, 15) is 9.90 Å². The molecule has 1 heterocycles. The fourth-order valence-electron chi connectivity index (χ4n) is 3.13. The van der Waals surface area contributed by atoms with Gasteiger partial charge in [0.25, 0.3) is 5.91 Å². The lowest BCUT2D eigenvalue weighted by Gasteiger charge is -2.13. The minimum atomic E-state index is -0.929. The highest BCUT2D eigenvalue weighted by molar-refractivity contribution is 6.07. The second-order valence-electron chi connectivity index (χ2n) is 6.36. The lowest BCUT2D eigenvalue weighted by Crippen LogP contribution is -2.13. The second kappa shape index (κ2) is 7.90. The summed E-state index contributed by atoms with van der Waals surface area (Å²) >= 11 is 0. The van der Waals surface area contributed by atoms with Crippen molar-refractivity contribution in [1.82, 2.24) is 10.2 Å². The highest BCUT2D eigenvalue weighted by Crippen LogP contribution is 2.33. The van der Waals surface area contributed by atoms with Gasteiger partial charge >= 0.3 is 0 Å². The van der Waals surface area contributed by atoms with Gasteiger partial charge in [0, 0.05) is 11.3 Å². The zero-order valence-corrected chi connectivity index (χ0v) is 15.0. The molecule has 5 heteroatoms. The quantitative estimate of drug-likeness (QED) is 0.488. The van der Waals surface area contributed by atoms with Crippen LogP contribution in [0.5, 0.6) is 0 Å². The third-order valence-electron chi connectivity index (χ3n) is 4.49. The Labute approximate surface area is 162 Å². The van der Waals surface area contributed by atoms with Gasteiger partial charge in [-0.1, -0.05) is 78.9 Å². The topological polar surface area (TPSA) is 78.0 Å². The first kappa shape index (κ1) is 17.7. The number of anilines is 1. The fraction of sp³-hybridized carbons (Fsp3) is 0.0435. The van der Waals surface area contributed by atoms with Crippen molar-refractivity contribution in [3.8, 4) is 11.1 Å². The number of benzene rings is 3. The predicted molar refractivity (Wildman–Crippen MR) is 109 cm³/mol. The van der Waals surface area contributed by atoms with E-state index in [1.807, 2.05) is 91.0 Å². The Morgan fingerprint density at radius 2 is 1.43 bits per heavy atom. The van der Waals surface area contributed by atoms with E-state index in [-0.39, 0.29) is 11.6 Å². The normalized spacial score (nSPS) is 11.8. The standard InChI is InChI=1S/C23H19N3O2/c27-22(17-12-6-2-7-13-17)20-19(16-10-4-1-5-11-16)21(26-25-20)23(28)24-18-14-8-3-9-15-18/h1-15,22,27H,(H,24,28)(H,25,26). The summed E-state index contributed by atoms with van der Waals surface area (Å²) in [5.41, 5.74) is 3.51. The van der Waals surface area contributed by atoms with Crippen molar-refractivity contribution in [3.63, 3.8) is 0 Å². The number of H-pyrrole nitrogens is 1. The van der Waals surface area contributed by atoms with Crippen LogP contribution in [0, 0.1) is 0 Å². The molecule has 138 valence electrons. The molecule has 3 N–H and O–H groups in total. The molecule has 4 rings (SSSR count). The molecule has 1 amide bonds. The van der Waals surface area contributed by atoms with Crippen LogP contribution in [0.15, 0.2) is 91.0 Å². The van der Waals surface area contributed by atoms with Gasteiger partial charge in [-0.05, 0) is 23.3 Å². The Hall–Kier alpha value is -3.70. The molecular formula is C23H19N3O2. The van der Waals surface area contributed by atoms with Gasteiger partial charge < -0.3 is 10.4 Å². The number of aromatic nitrogens is 2. The van der Waals surface area contributed by atoms with E-state index in [0.717, 1.165) is 11.1 Å². The summed E-state index contributed by atoms with van der Waals surface area (Å²) < 4.78 is 0. The van der Waals surface area contributed by atoms with Crippen LogP contribution in [-0.4, -0.2) is 21.2 Å². The maximum atomic E-state index is 12.9. The molecule has 0 saturated heterocycles. The van der Waals surface area contributed by atoms with Crippen LogP contribution in [0.25, 0.3) is 11.1 Å². The average Bonchev–Trinajstić information content (AvgIpc) is 3.20. The van der Waals surface area contributed by atoms with Crippen molar-refractivity contribution in [1.29, 1.82) is 0 Å². The largest absolute Gasteiger partial charge is 0.382 e. The van der Waals surface area contributed by atoms with Gasteiger partial charge in [-0.15, -0.1) is 0 Å². The van der Waals surface area contributed by atoms with E-state index in [2.05, 4.69) is 15.5 Å². The molecule has 0 aliphatic carbocycles. The molecule has 0 spiro atoms. The second-order valence-corrected chi connectivity index (χ2v) is 6.36. The number of aliphatic hydroxyl groups is 1. The van der Waals surface area contributed by atoms with E-state index in [4.69, 9.17) is 0 Å². The van der Waals surface area contributed by atoms with Gasteiger partial charge in [-0.3, -0.25) is 9.89 Å². The number of aliphatic hydroxyl groups excluding tert-OH is 1. The van der Waals surface area contributed by atoms with Crippen molar-refractivity contribution in [2.24, 2.45) is 0 Å². The molecule has 5 nitrogen and oxygen atoms in total. The van der Waals surface area contributed by atoms with Gasteiger partial charge in [0.1, 0.15) is 6.10 Å². The number of para-hydroxylation sites is 1. The van der Waals surface area contributed by atoms with Gasteiger partial charge in [-0.25, -0.2) is 0 Å². The molecular weight excluding hydrogens is 350 g/mol. The van der Waals surface area contributed by atoms with Crippen LogP contribution in [0.1, 0.15) is 27.8 Å². The number of amides is 1. The van der Waals surface area contributed by atoms with E-state index in [0.29, 0.717) is 16.9 Å². The maximum absolute atomic E-state index is 12.9. The van der Waals surface area contributed by atoms with Crippen LogP contribution in [0.4, 0.5) is 5.69 Å². The highest BCUT2D eigenvalue weighted by Gasteiger charge is 2.25. The molecule has 0 saturated carbocycles. The Morgan fingerprint density at radius 1 is 0.857 bits per heavy atom. The Bertz CT molecular complexity index is 1060. The van der Waals surface area contributed by atoms with Crippen molar-refractivity contribution in [3.05, 3.63) is 108 Å². The van der Waals surface area contributed by atoms with Crippen molar-refractivity contribution in [2.75, 3.05) is 5.32 Å². The first-order valence-electron chi connectivity index (χ1n) is 8.97. The number of nitrogens with one attached hydrogen (secondary N) is 2. The molecule has 0 aliphatic heterocycles. The van der Waals surface area contributed by atoms with Crippen LogP contribution in [-0.2, 0) is 0 Å². The smallest absolute Gasteiger partial charge is 0.276 e. The number of hydrogen-bond acceptors (Lipinski definition) is 3. The molecule has 0 aliphatic rings. The summed E-state index contributed by atoms with van der Waals surface area (Å²) in [4.78, 5) is 12.9. The summed E-state index contributed by atoms with van der Waals surface area (Å²) in [6.07, 6.45) is -0.929. The minimum absolute atomic E-state index is 0.236. The summed E-state index contributed by atoms with van der Waals surface area (Å²) in [6, 6.07) is 28.0. The third-order valence-corrected chi connectivity index (χ3v) is 4.49. The SMILES string of the molecule is O=C(Nc1ccccc1)c1n[nH]c(C(O)c2ccccc2)c1-c1ccccc1. The number of carbonyl (C=O) groups excluding carboxylic acids is 1. The van der Waals surface area contributed by atoms with Crippen LogP contribution >= 0.6 is 0 Å². The van der Waals surface area contributed by atoms with E-state index in [1.54, 1.807) is 0 Å². The van der Waals surface area contributed by atoms with Crippen molar-refractivity contribution in [2.45, 2.75) is 6.10 Å². The number of rotatable bonds is 5. The van der Waals surface area contributed by atoms with E-state index >= 15 is 0 Å². The predicted octanol–water partition coefficient (Wildman–Crippen LogP) is 4.41. The molecule has 28 heavy (non-hydrogen) atoms. The first-order chi connectivity index (χ1) is 13.7. The lowest BCUT2D eigenvalue weighted by molar-refractivity contribution is 0.102. The van der Waals surface area contributed by atoms with Crippen LogP contribution < -0.4 is 5.32 Å². The molecule has 0 bridgehead atoms. The minimum Gasteiger partial charge on any atom is -0.382 e. The van der Waals surface area contributed by atoms with Crippen LogP contribution in [0.3, 0.4) is 0 Å². The summed E-state index contributed by atoms with van der Waals surface area (Å²) in [6.45, 7) is 0. The average molecular weight is 369 g/mol. The van der Waals surface area contributed by atoms with Gasteiger partial charge in [-0.2, -0.15) is 5.10 Å². The van der Waals surface area contributed by atoms with Crippen LogP contribution in [0.2, 0.25) is 0 Å².